The van der Waals surface area contributed by atoms with Gasteiger partial charge in [0.15, 0.2) is 0 Å². The van der Waals surface area contributed by atoms with Crippen molar-refractivity contribution in [3.05, 3.63) is 65.2 Å². The fourth-order valence-electron chi connectivity index (χ4n) is 2.28. The Kier molecular flexibility index (Phi) is 4.46. The van der Waals surface area contributed by atoms with Crippen LogP contribution in [0.5, 0.6) is 0 Å². The molecular formula is C19H23NO. The molecule has 2 heteroatoms. The number of nitrogen functional groups attached to an aromatic ring is 1. The summed E-state index contributed by atoms with van der Waals surface area (Å²) in [6, 6.07) is 15.8. The summed E-state index contributed by atoms with van der Waals surface area (Å²) in [7, 11) is 0. The van der Waals surface area contributed by atoms with Crippen molar-refractivity contribution in [1.29, 1.82) is 0 Å². The molecule has 0 aliphatic rings. The van der Waals surface area contributed by atoms with E-state index in [2.05, 4.69) is 45.0 Å². The average Bonchev–Trinajstić information content (AvgIpc) is 2.41. The van der Waals surface area contributed by atoms with E-state index in [9.17, 15) is 4.79 Å². The minimum atomic E-state index is 0.145. The quantitative estimate of drug-likeness (QED) is 0.863. The first-order valence-corrected chi connectivity index (χ1v) is 7.30. The van der Waals surface area contributed by atoms with Gasteiger partial charge in [-0.25, -0.2) is 0 Å². The molecule has 110 valence electrons. The van der Waals surface area contributed by atoms with E-state index in [1.807, 2.05) is 24.3 Å². The average molecular weight is 281 g/mol. The maximum Gasteiger partial charge on any atom is 0.141 e. The Morgan fingerprint density at radius 2 is 1.29 bits per heavy atom. The highest BCUT2D eigenvalue weighted by atomic mass is 16.1. The Morgan fingerprint density at radius 1 is 0.857 bits per heavy atom. The molecule has 0 amide bonds. The van der Waals surface area contributed by atoms with E-state index in [-0.39, 0.29) is 11.2 Å². The van der Waals surface area contributed by atoms with Gasteiger partial charge in [-0.1, -0.05) is 57.2 Å². The Hall–Kier alpha value is -2.09. The second kappa shape index (κ2) is 6.13. The van der Waals surface area contributed by atoms with Crippen LogP contribution in [0.2, 0.25) is 0 Å². The number of benzene rings is 2. The van der Waals surface area contributed by atoms with Crippen molar-refractivity contribution >= 4 is 11.5 Å². The molecule has 0 aromatic heterocycles. The molecule has 0 unspecified atom stereocenters. The van der Waals surface area contributed by atoms with Crippen molar-refractivity contribution in [3.63, 3.8) is 0 Å². The lowest BCUT2D eigenvalue weighted by atomic mass is 9.86. The number of rotatable bonds is 4. The summed E-state index contributed by atoms with van der Waals surface area (Å²) >= 11 is 0. The number of anilines is 1. The Bertz CT molecular complexity index is 604. The number of ketones is 1. The maximum absolute atomic E-state index is 12.1. The van der Waals surface area contributed by atoms with E-state index in [4.69, 9.17) is 5.73 Å². The molecule has 2 aromatic rings. The molecule has 0 radical (unpaired) electrons. The van der Waals surface area contributed by atoms with Gasteiger partial charge in [0.1, 0.15) is 5.78 Å². The van der Waals surface area contributed by atoms with E-state index in [0.717, 1.165) is 16.8 Å². The number of carbonyl (C=O) groups is 1. The molecule has 0 saturated heterocycles. The van der Waals surface area contributed by atoms with E-state index in [1.54, 1.807) is 0 Å². The van der Waals surface area contributed by atoms with Crippen molar-refractivity contribution in [2.45, 2.75) is 39.0 Å². The first-order valence-electron chi connectivity index (χ1n) is 7.30. The number of carbonyl (C=O) groups excluding carboxylic acids is 1. The molecular weight excluding hydrogens is 258 g/mol. The topological polar surface area (TPSA) is 43.1 Å². The van der Waals surface area contributed by atoms with Gasteiger partial charge in [0.05, 0.1) is 0 Å². The molecule has 0 fully saturated rings. The van der Waals surface area contributed by atoms with Crippen molar-refractivity contribution in [2.75, 3.05) is 5.73 Å². The summed E-state index contributed by atoms with van der Waals surface area (Å²) in [5, 5.41) is 0. The van der Waals surface area contributed by atoms with Crippen LogP contribution < -0.4 is 5.73 Å². The first-order chi connectivity index (χ1) is 9.84. The zero-order valence-corrected chi connectivity index (χ0v) is 13.0. The second-order valence-electron chi connectivity index (χ2n) is 6.58. The molecule has 21 heavy (non-hydrogen) atoms. The van der Waals surface area contributed by atoms with Crippen LogP contribution in [0.4, 0.5) is 5.69 Å². The Labute approximate surface area is 127 Å². The van der Waals surface area contributed by atoms with Crippen LogP contribution >= 0.6 is 0 Å². The lowest BCUT2D eigenvalue weighted by Gasteiger charge is -2.19. The lowest BCUT2D eigenvalue weighted by molar-refractivity contribution is -0.117. The predicted molar refractivity (Wildman–Crippen MR) is 88.4 cm³/mol. The minimum absolute atomic E-state index is 0.145. The van der Waals surface area contributed by atoms with Crippen LogP contribution in [-0.4, -0.2) is 5.78 Å². The molecule has 0 saturated carbocycles. The summed E-state index contributed by atoms with van der Waals surface area (Å²) < 4.78 is 0. The fourth-order valence-corrected chi connectivity index (χ4v) is 2.28. The standard InChI is InChI=1S/C19H23NO/c1-19(2,3)16-8-4-14(5-9-16)12-18(21)13-15-6-10-17(20)11-7-15/h4-11H,12-13,20H2,1-3H3. The zero-order chi connectivity index (χ0) is 15.5. The Morgan fingerprint density at radius 3 is 1.71 bits per heavy atom. The van der Waals surface area contributed by atoms with Crippen LogP contribution in [0.15, 0.2) is 48.5 Å². The van der Waals surface area contributed by atoms with Gasteiger partial charge in [0.25, 0.3) is 0 Å². The van der Waals surface area contributed by atoms with Gasteiger partial charge in [0, 0.05) is 18.5 Å². The maximum atomic E-state index is 12.1. The van der Waals surface area contributed by atoms with Gasteiger partial charge in [-0.3, -0.25) is 4.79 Å². The van der Waals surface area contributed by atoms with Crippen LogP contribution in [0.3, 0.4) is 0 Å². The van der Waals surface area contributed by atoms with Gasteiger partial charge < -0.3 is 5.73 Å². The normalized spacial score (nSPS) is 11.4. The van der Waals surface area contributed by atoms with Crippen molar-refractivity contribution in [1.82, 2.24) is 0 Å². The smallest absolute Gasteiger partial charge is 0.141 e. The molecule has 0 aliphatic heterocycles. The van der Waals surface area contributed by atoms with E-state index in [1.165, 1.54) is 5.56 Å². The predicted octanol–water partition coefficient (Wildman–Crippen LogP) is 3.92. The largest absolute Gasteiger partial charge is 0.399 e. The molecule has 0 aliphatic carbocycles. The van der Waals surface area contributed by atoms with Gasteiger partial charge in [-0.15, -0.1) is 0 Å². The summed E-state index contributed by atoms with van der Waals surface area (Å²) in [6.07, 6.45) is 0.941. The molecule has 0 spiro atoms. The highest BCUT2D eigenvalue weighted by Gasteiger charge is 2.13. The number of hydrogen-bond acceptors (Lipinski definition) is 2. The van der Waals surface area contributed by atoms with E-state index < -0.39 is 0 Å². The summed E-state index contributed by atoms with van der Waals surface area (Å²) in [5.41, 5.74) is 9.89. The molecule has 2 N–H and O–H groups in total. The number of nitrogens with two attached hydrogens (primary N) is 1. The molecule has 0 heterocycles. The Balaban J connectivity index is 1.98. The third-order valence-corrected chi connectivity index (χ3v) is 3.60. The third kappa shape index (κ3) is 4.45. The van der Waals surface area contributed by atoms with E-state index >= 15 is 0 Å². The highest BCUT2D eigenvalue weighted by molar-refractivity contribution is 5.83. The van der Waals surface area contributed by atoms with Crippen molar-refractivity contribution in [3.8, 4) is 0 Å². The van der Waals surface area contributed by atoms with Crippen LogP contribution in [0, 0.1) is 0 Å². The summed E-state index contributed by atoms with van der Waals surface area (Å²) in [5.74, 6) is 0.225. The molecule has 2 aromatic carbocycles. The molecule has 0 atom stereocenters. The van der Waals surface area contributed by atoms with Crippen LogP contribution in [0.25, 0.3) is 0 Å². The SMILES string of the molecule is CC(C)(C)c1ccc(CC(=O)Cc2ccc(N)cc2)cc1. The zero-order valence-electron chi connectivity index (χ0n) is 13.0. The fraction of sp³-hybridized carbons (Fsp3) is 0.316. The van der Waals surface area contributed by atoms with Gasteiger partial charge in [-0.05, 0) is 34.2 Å². The number of hydrogen-bond donors (Lipinski definition) is 1. The van der Waals surface area contributed by atoms with Crippen molar-refractivity contribution < 1.29 is 4.79 Å². The number of Topliss-reactive ketones (excluding diaryl/α,β-unsaturated/α-hetero) is 1. The van der Waals surface area contributed by atoms with E-state index in [0.29, 0.717) is 12.8 Å². The molecule has 0 bridgehead atoms. The summed E-state index contributed by atoms with van der Waals surface area (Å²) in [4.78, 5) is 12.1. The third-order valence-electron chi connectivity index (χ3n) is 3.60. The minimum Gasteiger partial charge on any atom is -0.399 e. The second-order valence-corrected chi connectivity index (χ2v) is 6.58. The first kappa shape index (κ1) is 15.3. The van der Waals surface area contributed by atoms with Crippen LogP contribution in [-0.2, 0) is 23.1 Å². The molecule has 2 rings (SSSR count). The lowest BCUT2D eigenvalue weighted by Crippen LogP contribution is -2.11. The van der Waals surface area contributed by atoms with Gasteiger partial charge >= 0.3 is 0 Å². The van der Waals surface area contributed by atoms with Gasteiger partial charge in [0.2, 0.25) is 0 Å². The summed E-state index contributed by atoms with van der Waals surface area (Å²) in [6.45, 7) is 6.57. The van der Waals surface area contributed by atoms with Crippen molar-refractivity contribution in [2.24, 2.45) is 0 Å². The monoisotopic (exact) mass is 281 g/mol. The van der Waals surface area contributed by atoms with Gasteiger partial charge in [-0.2, -0.15) is 0 Å². The molecule has 2 nitrogen and oxygen atoms in total. The highest BCUT2D eigenvalue weighted by Crippen LogP contribution is 2.22. The van der Waals surface area contributed by atoms with Crippen LogP contribution in [0.1, 0.15) is 37.5 Å².